The van der Waals surface area contributed by atoms with Gasteiger partial charge >= 0.3 is 0 Å². The number of benzene rings is 2. The molecule has 0 heteroatoms. The number of aryl methyl sites for hydroxylation is 2. The van der Waals surface area contributed by atoms with Gasteiger partial charge in [-0.05, 0) is 34.7 Å². The van der Waals surface area contributed by atoms with E-state index in [9.17, 15) is 0 Å². The van der Waals surface area contributed by atoms with Crippen LogP contribution >= 0.6 is 0 Å². The second-order valence-electron chi connectivity index (χ2n) is 3.48. The van der Waals surface area contributed by atoms with Crippen LogP contribution in [0.25, 0.3) is 10.8 Å². The average Bonchev–Trinajstić information content (AvgIpc) is 2.49. The van der Waals surface area contributed by atoms with Crippen LogP contribution in [0.2, 0.25) is 0 Å². The van der Waals surface area contributed by atoms with Gasteiger partial charge in [0.15, 0.2) is 0 Å². The third-order valence-corrected chi connectivity index (χ3v) is 2.69. The van der Waals surface area contributed by atoms with E-state index >= 15 is 0 Å². The molecule has 1 aliphatic carbocycles. The molecule has 0 aromatic heterocycles. The van der Waals surface area contributed by atoms with Crippen molar-refractivity contribution in [2.75, 3.05) is 0 Å². The third kappa shape index (κ3) is 0.724. The van der Waals surface area contributed by atoms with Crippen molar-refractivity contribution in [2.45, 2.75) is 12.8 Å². The highest BCUT2D eigenvalue weighted by molar-refractivity contribution is 5.87. The lowest BCUT2D eigenvalue weighted by Crippen LogP contribution is -1.76. The molecule has 0 radical (unpaired) electrons. The van der Waals surface area contributed by atoms with Crippen LogP contribution in [-0.2, 0) is 12.8 Å². The third-order valence-electron chi connectivity index (χ3n) is 2.69. The Hall–Kier alpha value is -1.30. The first-order chi connectivity index (χ1) is 5.93. The van der Waals surface area contributed by atoms with E-state index < -0.39 is 0 Å². The van der Waals surface area contributed by atoms with Crippen LogP contribution in [0.3, 0.4) is 0 Å². The van der Waals surface area contributed by atoms with Gasteiger partial charge in [-0.3, -0.25) is 0 Å². The van der Waals surface area contributed by atoms with E-state index in [1.165, 1.54) is 34.7 Å². The van der Waals surface area contributed by atoms with Crippen LogP contribution in [0, 0.1) is 0 Å². The van der Waals surface area contributed by atoms with E-state index in [2.05, 4.69) is 36.4 Å². The standard InChI is InChI=1S/C12H10/c1-2-4-12-10(3-1)7-9-5-6-11(12)8-9/h1-4,7-8H,5-6H2. The minimum absolute atomic E-state index is 1.24. The van der Waals surface area contributed by atoms with Gasteiger partial charge in [-0.15, -0.1) is 0 Å². The lowest BCUT2D eigenvalue weighted by molar-refractivity contribution is 1.04. The molecule has 12 heavy (non-hydrogen) atoms. The Morgan fingerprint density at radius 1 is 0.917 bits per heavy atom. The van der Waals surface area contributed by atoms with Crippen LogP contribution < -0.4 is 0 Å². The highest BCUT2D eigenvalue weighted by atomic mass is 14.1. The molecule has 0 atom stereocenters. The molecule has 0 fully saturated rings. The van der Waals surface area contributed by atoms with Crippen molar-refractivity contribution in [2.24, 2.45) is 0 Å². The molecule has 0 unspecified atom stereocenters. The molecule has 2 aromatic carbocycles. The van der Waals surface area contributed by atoms with Crippen molar-refractivity contribution in [1.29, 1.82) is 0 Å². The Morgan fingerprint density at radius 2 is 1.83 bits per heavy atom. The van der Waals surface area contributed by atoms with Crippen molar-refractivity contribution in [3.05, 3.63) is 47.5 Å². The van der Waals surface area contributed by atoms with Gasteiger partial charge < -0.3 is 0 Å². The second kappa shape index (κ2) is 2.10. The Kier molecular flexibility index (Phi) is 1.09. The molecule has 2 bridgehead atoms. The molecule has 0 saturated heterocycles. The van der Waals surface area contributed by atoms with Crippen LogP contribution in [-0.4, -0.2) is 0 Å². The fraction of sp³-hybridized carbons (Fsp3) is 0.167. The van der Waals surface area contributed by atoms with E-state index in [1.54, 1.807) is 0 Å². The van der Waals surface area contributed by atoms with Crippen molar-refractivity contribution < 1.29 is 0 Å². The average molecular weight is 154 g/mol. The summed E-state index contributed by atoms with van der Waals surface area (Å²) < 4.78 is 0. The fourth-order valence-electron chi connectivity index (χ4n) is 2.09. The Labute approximate surface area is 71.8 Å². The summed E-state index contributed by atoms with van der Waals surface area (Å²) >= 11 is 0. The molecule has 1 aliphatic rings. The lowest BCUT2D eigenvalue weighted by Gasteiger charge is -1.98. The van der Waals surface area contributed by atoms with Crippen LogP contribution in [0.5, 0.6) is 0 Å². The molecular formula is C12H10. The maximum Gasteiger partial charge on any atom is -0.0152 e. The zero-order valence-corrected chi connectivity index (χ0v) is 6.88. The van der Waals surface area contributed by atoms with Crippen molar-refractivity contribution in [3.8, 4) is 0 Å². The fourth-order valence-corrected chi connectivity index (χ4v) is 2.09. The first-order valence-corrected chi connectivity index (χ1v) is 4.44. The Bertz CT molecular complexity index is 441. The first-order valence-electron chi connectivity index (χ1n) is 4.44. The molecule has 0 heterocycles. The summed E-state index contributed by atoms with van der Waals surface area (Å²) in [6.45, 7) is 0. The van der Waals surface area contributed by atoms with Gasteiger partial charge in [0.05, 0.1) is 0 Å². The van der Waals surface area contributed by atoms with Gasteiger partial charge in [0.25, 0.3) is 0 Å². The molecule has 2 aromatic rings. The normalized spacial score (nSPS) is 14.0. The molecule has 0 nitrogen and oxygen atoms in total. The van der Waals surface area contributed by atoms with Gasteiger partial charge in [-0.2, -0.15) is 0 Å². The summed E-state index contributed by atoms with van der Waals surface area (Å²) in [6, 6.07) is 13.3. The summed E-state index contributed by atoms with van der Waals surface area (Å²) in [5.41, 5.74) is 3.03. The predicted molar refractivity (Wildman–Crippen MR) is 51.4 cm³/mol. The monoisotopic (exact) mass is 154 g/mol. The molecule has 0 aliphatic heterocycles. The van der Waals surface area contributed by atoms with Crippen LogP contribution in [0.4, 0.5) is 0 Å². The summed E-state index contributed by atoms with van der Waals surface area (Å²) in [7, 11) is 0. The Balaban J connectivity index is 2.52. The first kappa shape index (κ1) is 6.24. The number of hydrogen-bond donors (Lipinski definition) is 0. The van der Waals surface area contributed by atoms with E-state index in [-0.39, 0.29) is 0 Å². The van der Waals surface area contributed by atoms with Crippen molar-refractivity contribution >= 4 is 10.8 Å². The number of rotatable bonds is 0. The zero-order chi connectivity index (χ0) is 7.97. The summed E-state index contributed by atoms with van der Waals surface area (Å²) in [6.07, 6.45) is 2.48. The maximum absolute atomic E-state index is 2.34. The predicted octanol–water partition coefficient (Wildman–Crippen LogP) is 2.94. The van der Waals surface area contributed by atoms with Gasteiger partial charge in [0, 0.05) is 0 Å². The smallest absolute Gasteiger partial charge is 0.0152 e. The summed E-state index contributed by atoms with van der Waals surface area (Å²) in [4.78, 5) is 0. The summed E-state index contributed by atoms with van der Waals surface area (Å²) in [5, 5.41) is 2.85. The minimum atomic E-state index is 1.24. The number of fused-ring (bicyclic) bond motifs is 4. The summed E-state index contributed by atoms with van der Waals surface area (Å²) in [5.74, 6) is 0. The highest BCUT2D eigenvalue weighted by Crippen LogP contribution is 2.27. The largest absolute Gasteiger partial charge is 0.0616 e. The molecule has 0 N–H and O–H groups in total. The topological polar surface area (TPSA) is 0 Å². The molecular weight excluding hydrogens is 144 g/mol. The van der Waals surface area contributed by atoms with Gasteiger partial charge in [-0.25, -0.2) is 0 Å². The SMILES string of the molecule is c1ccc2c3cc(cc2c1)CC3. The van der Waals surface area contributed by atoms with Gasteiger partial charge in [-0.1, -0.05) is 36.4 Å². The molecule has 58 valence electrons. The van der Waals surface area contributed by atoms with E-state index in [0.29, 0.717) is 0 Å². The van der Waals surface area contributed by atoms with Gasteiger partial charge in [0.1, 0.15) is 0 Å². The molecule has 0 saturated carbocycles. The zero-order valence-electron chi connectivity index (χ0n) is 6.88. The minimum Gasteiger partial charge on any atom is -0.0616 e. The van der Waals surface area contributed by atoms with E-state index in [0.717, 1.165) is 0 Å². The molecule has 0 amide bonds. The number of hydrogen-bond acceptors (Lipinski definition) is 0. The molecule has 0 spiro atoms. The maximum atomic E-state index is 2.34. The Morgan fingerprint density at radius 3 is 2.83 bits per heavy atom. The van der Waals surface area contributed by atoms with Crippen molar-refractivity contribution in [3.63, 3.8) is 0 Å². The lowest BCUT2D eigenvalue weighted by atomic mass is 10.1. The molecule has 3 rings (SSSR count). The quantitative estimate of drug-likeness (QED) is 0.547. The van der Waals surface area contributed by atoms with Crippen LogP contribution in [0.1, 0.15) is 11.1 Å². The van der Waals surface area contributed by atoms with E-state index in [4.69, 9.17) is 0 Å². The second-order valence-corrected chi connectivity index (χ2v) is 3.48. The van der Waals surface area contributed by atoms with Crippen LogP contribution in [0.15, 0.2) is 36.4 Å². The van der Waals surface area contributed by atoms with Crippen molar-refractivity contribution in [1.82, 2.24) is 0 Å². The van der Waals surface area contributed by atoms with Gasteiger partial charge in [0.2, 0.25) is 0 Å². The highest BCUT2D eigenvalue weighted by Gasteiger charge is 2.09. The van der Waals surface area contributed by atoms with E-state index in [1.807, 2.05) is 0 Å².